The van der Waals surface area contributed by atoms with Crippen molar-refractivity contribution in [3.05, 3.63) is 28.8 Å². The number of nitrogens with zero attached hydrogens (tertiary/aromatic N) is 2. The minimum atomic E-state index is -2.40. The van der Waals surface area contributed by atoms with Crippen molar-refractivity contribution in [3.8, 4) is 5.75 Å². The van der Waals surface area contributed by atoms with Crippen molar-refractivity contribution >= 4 is 29.7 Å². The van der Waals surface area contributed by atoms with Crippen LogP contribution in [-0.2, 0) is 23.9 Å². The standard InChI is InChI=1S/C34H51N5O12/c1-18-11-21(12-19(2)26(18)44)29(46)35-15-23(42)27(45)28-25(36-20(3)40)22(41)13-34(51-28,30(47)48)14-24(43)39-9-10-50-17-33(39)7-8-38(16-33)31(49)37-32(4,5)6/h11-12,22-23,25,27-28,41-42,44-45H,7-10,13-17H2,1-6H3,(H,35,46)(H,36,40)(H,37,49)(H,47,48)/t22-,23+,25+,27+,28+,33+,34-/m0/s1. The van der Waals surface area contributed by atoms with Crippen LogP contribution in [0.1, 0.15) is 68.4 Å². The molecule has 4 rings (SSSR count). The summed E-state index contributed by atoms with van der Waals surface area (Å²) in [4.78, 5) is 68.0. The SMILES string of the molecule is CC(=O)N[C@H]1[C@H]([C@H](O)[C@H](O)CNC(=O)c2cc(C)c(O)c(C)c2)O[C@@](CC(=O)N2CCOC[C@]23CCN(C(=O)NC(C)(C)C)C3)(C(=O)O)C[C@@H]1O. The molecule has 3 aliphatic rings. The lowest BCUT2D eigenvalue weighted by molar-refractivity contribution is -0.230. The highest BCUT2D eigenvalue weighted by Crippen LogP contribution is 2.38. The van der Waals surface area contributed by atoms with Gasteiger partial charge in [0.25, 0.3) is 5.91 Å². The predicted octanol–water partition coefficient (Wildman–Crippen LogP) is -0.860. The molecule has 8 N–H and O–H groups in total. The van der Waals surface area contributed by atoms with Gasteiger partial charge >= 0.3 is 12.0 Å². The van der Waals surface area contributed by atoms with E-state index in [1.54, 1.807) is 18.7 Å². The molecule has 51 heavy (non-hydrogen) atoms. The largest absolute Gasteiger partial charge is 0.507 e. The number of aliphatic carboxylic acids is 1. The molecular weight excluding hydrogens is 670 g/mol. The number of likely N-dealkylation sites (tertiary alicyclic amines) is 1. The van der Waals surface area contributed by atoms with Gasteiger partial charge in [0.05, 0.1) is 43.4 Å². The van der Waals surface area contributed by atoms with Crippen molar-refractivity contribution < 1.29 is 59.0 Å². The molecule has 3 heterocycles. The fourth-order valence-electron chi connectivity index (χ4n) is 7.04. The van der Waals surface area contributed by atoms with E-state index < -0.39 is 90.2 Å². The van der Waals surface area contributed by atoms with Crippen LogP contribution < -0.4 is 16.0 Å². The lowest BCUT2D eigenvalue weighted by Gasteiger charge is -2.49. The molecule has 1 aromatic rings. The van der Waals surface area contributed by atoms with E-state index in [4.69, 9.17) is 9.47 Å². The van der Waals surface area contributed by atoms with Crippen LogP contribution in [0.3, 0.4) is 0 Å². The number of phenolic OH excluding ortho intramolecular Hbond substituents is 1. The van der Waals surface area contributed by atoms with Crippen molar-refractivity contribution in [2.24, 2.45) is 0 Å². The number of aryl methyl sites for hydroxylation is 2. The third kappa shape index (κ3) is 8.89. The number of aliphatic hydroxyl groups is 3. The van der Waals surface area contributed by atoms with Crippen LogP contribution >= 0.6 is 0 Å². The minimum Gasteiger partial charge on any atom is -0.507 e. The Balaban J connectivity index is 1.54. The van der Waals surface area contributed by atoms with Crippen molar-refractivity contribution in [1.29, 1.82) is 0 Å². The van der Waals surface area contributed by atoms with E-state index in [1.807, 2.05) is 20.8 Å². The van der Waals surface area contributed by atoms with Crippen molar-refractivity contribution in [3.63, 3.8) is 0 Å². The maximum absolute atomic E-state index is 14.1. The number of aliphatic hydroxyl groups excluding tert-OH is 3. The molecule has 0 radical (unpaired) electrons. The molecule has 1 aromatic carbocycles. The van der Waals surface area contributed by atoms with Crippen LogP contribution in [0.25, 0.3) is 0 Å². The summed E-state index contributed by atoms with van der Waals surface area (Å²) in [6.45, 7) is 10.2. The molecule has 3 fully saturated rings. The summed E-state index contributed by atoms with van der Waals surface area (Å²) < 4.78 is 11.7. The molecule has 0 bridgehead atoms. The molecule has 1 spiro atoms. The maximum Gasteiger partial charge on any atom is 0.336 e. The fraction of sp³-hybridized carbons (Fsp3) is 0.676. The average molecular weight is 722 g/mol. The van der Waals surface area contributed by atoms with E-state index in [-0.39, 0.29) is 43.6 Å². The summed E-state index contributed by atoms with van der Waals surface area (Å²) in [5, 5.41) is 61.9. The van der Waals surface area contributed by atoms with Crippen LogP contribution in [0, 0.1) is 13.8 Å². The molecule has 0 saturated carbocycles. The van der Waals surface area contributed by atoms with Gasteiger partial charge in [0.15, 0.2) is 5.60 Å². The topological polar surface area (TPSA) is 248 Å². The monoisotopic (exact) mass is 721 g/mol. The molecule has 17 heteroatoms. The second-order valence-electron chi connectivity index (χ2n) is 15.0. The lowest BCUT2D eigenvalue weighted by atomic mass is 9.81. The number of ether oxygens (including phenoxy) is 2. The van der Waals surface area contributed by atoms with Gasteiger partial charge in [-0.1, -0.05) is 0 Å². The number of carboxylic acids is 1. The highest BCUT2D eigenvalue weighted by Gasteiger charge is 2.57. The third-order valence-electron chi connectivity index (χ3n) is 9.63. The molecule has 284 valence electrons. The molecule has 0 aromatic heterocycles. The minimum absolute atomic E-state index is 0.0249. The average Bonchev–Trinajstić information content (AvgIpc) is 3.46. The molecular formula is C34H51N5O12. The highest BCUT2D eigenvalue weighted by molar-refractivity contribution is 5.95. The van der Waals surface area contributed by atoms with Gasteiger partial charge in [0.2, 0.25) is 11.8 Å². The van der Waals surface area contributed by atoms with Crippen molar-refractivity contribution in [2.45, 2.75) is 108 Å². The summed E-state index contributed by atoms with van der Waals surface area (Å²) in [6.07, 6.45) is -8.19. The Labute approximate surface area is 296 Å². The number of amides is 5. The number of hydrogen-bond donors (Lipinski definition) is 8. The molecule has 3 aliphatic heterocycles. The molecule has 17 nitrogen and oxygen atoms in total. The summed E-state index contributed by atoms with van der Waals surface area (Å²) in [6, 6.07) is 1.16. The number of benzene rings is 1. The first-order valence-corrected chi connectivity index (χ1v) is 16.9. The lowest BCUT2D eigenvalue weighted by Crippen LogP contribution is -2.69. The van der Waals surface area contributed by atoms with Crippen molar-refractivity contribution in [1.82, 2.24) is 25.8 Å². The van der Waals surface area contributed by atoms with E-state index in [0.717, 1.165) is 6.92 Å². The third-order valence-corrected chi connectivity index (χ3v) is 9.63. The summed E-state index contributed by atoms with van der Waals surface area (Å²) in [5.74, 6) is -3.52. The number of morpholine rings is 1. The van der Waals surface area contributed by atoms with E-state index >= 15 is 0 Å². The van der Waals surface area contributed by atoms with Gasteiger partial charge in [0.1, 0.15) is 18.0 Å². The Kier molecular flexibility index (Phi) is 11.9. The van der Waals surface area contributed by atoms with Gasteiger partial charge in [-0.2, -0.15) is 0 Å². The van der Waals surface area contributed by atoms with E-state index in [9.17, 15) is 49.5 Å². The number of nitrogens with one attached hydrogen (secondary N) is 3. The number of phenols is 1. The first kappa shape index (κ1) is 39.8. The molecule has 0 aliphatic carbocycles. The zero-order valence-corrected chi connectivity index (χ0v) is 29.9. The first-order chi connectivity index (χ1) is 23.7. The number of urea groups is 1. The molecule has 5 amide bonds. The zero-order chi connectivity index (χ0) is 38.1. The molecule has 7 atom stereocenters. The second kappa shape index (κ2) is 15.3. The van der Waals surface area contributed by atoms with Gasteiger partial charge in [0, 0.05) is 50.6 Å². The summed E-state index contributed by atoms with van der Waals surface area (Å²) in [7, 11) is 0. The Hall–Kier alpha value is -4.03. The Morgan fingerprint density at radius 1 is 1.08 bits per heavy atom. The first-order valence-electron chi connectivity index (χ1n) is 16.9. The highest BCUT2D eigenvalue weighted by atomic mass is 16.6. The van der Waals surface area contributed by atoms with Crippen molar-refractivity contribution in [2.75, 3.05) is 39.4 Å². The van der Waals surface area contributed by atoms with Gasteiger partial charge in [-0.05, 0) is 64.3 Å². The number of hydrogen-bond acceptors (Lipinski definition) is 11. The van der Waals surface area contributed by atoms with Gasteiger partial charge in [-0.25, -0.2) is 9.59 Å². The van der Waals surface area contributed by atoms with Crippen LogP contribution in [0.5, 0.6) is 5.75 Å². The number of aromatic hydroxyl groups is 1. The second-order valence-corrected chi connectivity index (χ2v) is 15.0. The zero-order valence-electron chi connectivity index (χ0n) is 29.9. The van der Waals surface area contributed by atoms with Crippen LogP contribution in [-0.4, -0.2) is 152 Å². The smallest absolute Gasteiger partial charge is 0.336 e. The fourth-order valence-corrected chi connectivity index (χ4v) is 7.04. The van der Waals surface area contributed by atoms with Gasteiger partial charge < -0.3 is 60.8 Å². The van der Waals surface area contributed by atoms with E-state index in [1.165, 1.54) is 17.0 Å². The molecule has 0 unspecified atom stereocenters. The van der Waals surface area contributed by atoms with E-state index in [2.05, 4.69) is 16.0 Å². The number of carbonyl (C=O) groups excluding carboxylic acids is 4. The predicted molar refractivity (Wildman–Crippen MR) is 180 cm³/mol. The number of carboxylic acid groups (broad SMARTS) is 1. The normalized spacial score (nSPS) is 27.8. The van der Waals surface area contributed by atoms with Crippen LogP contribution in [0.2, 0.25) is 0 Å². The van der Waals surface area contributed by atoms with Crippen LogP contribution in [0.4, 0.5) is 4.79 Å². The van der Waals surface area contributed by atoms with Crippen LogP contribution in [0.15, 0.2) is 12.1 Å². The Morgan fingerprint density at radius 3 is 2.31 bits per heavy atom. The Morgan fingerprint density at radius 2 is 1.73 bits per heavy atom. The van der Waals surface area contributed by atoms with E-state index in [0.29, 0.717) is 24.1 Å². The number of carbonyl (C=O) groups is 5. The molecule has 3 saturated heterocycles. The van der Waals surface area contributed by atoms with Gasteiger partial charge in [-0.15, -0.1) is 0 Å². The number of rotatable bonds is 9. The van der Waals surface area contributed by atoms with Gasteiger partial charge in [-0.3, -0.25) is 14.4 Å². The maximum atomic E-state index is 14.1. The summed E-state index contributed by atoms with van der Waals surface area (Å²) in [5.41, 5.74) is -2.78. The Bertz CT molecular complexity index is 1490. The summed E-state index contributed by atoms with van der Waals surface area (Å²) >= 11 is 0. The quantitative estimate of drug-likeness (QED) is 0.155.